The van der Waals surface area contributed by atoms with Crippen LogP contribution in [0.2, 0.25) is 0 Å². The number of ether oxygens (including phenoxy) is 1. The van der Waals surface area contributed by atoms with Gasteiger partial charge >= 0.3 is 11.9 Å². The normalized spacial score (nSPS) is 12.8. The van der Waals surface area contributed by atoms with Crippen LogP contribution in [0.25, 0.3) is 0 Å². The predicted molar refractivity (Wildman–Crippen MR) is 181 cm³/mol. The summed E-state index contributed by atoms with van der Waals surface area (Å²) in [6, 6.07) is 0. The lowest BCUT2D eigenvalue weighted by atomic mass is 10.0. The van der Waals surface area contributed by atoms with Crippen LogP contribution >= 0.6 is 0 Å². The summed E-state index contributed by atoms with van der Waals surface area (Å²) in [7, 11) is 0. The number of unbranched alkanes of at least 4 members (excludes halogenated alkanes) is 14. The summed E-state index contributed by atoms with van der Waals surface area (Å²) in [5.74, 6) is -0.713. The van der Waals surface area contributed by atoms with Gasteiger partial charge < -0.3 is 9.84 Å². The van der Waals surface area contributed by atoms with Gasteiger partial charge in [-0.1, -0.05) is 140 Å². The molecule has 1 N–H and O–H groups in total. The van der Waals surface area contributed by atoms with Crippen molar-refractivity contribution in [1.29, 1.82) is 0 Å². The molecule has 0 aromatic rings. The quantitative estimate of drug-likeness (QED) is 0.0498. The molecule has 0 saturated carbocycles. The van der Waals surface area contributed by atoms with Crippen LogP contribution in [0.5, 0.6) is 0 Å². The molecule has 242 valence electrons. The van der Waals surface area contributed by atoms with Gasteiger partial charge in [-0.2, -0.15) is 0 Å². The van der Waals surface area contributed by atoms with E-state index in [1.54, 1.807) is 0 Å². The molecule has 0 rings (SSSR count). The minimum absolute atomic E-state index is 0.0349. The summed E-state index contributed by atoms with van der Waals surface area (Å²) in [5, 5.41) is 8.65. The lowest BCUT2D eigenvalue weighted by Gasteiger charge is -2.17. The molecule has 4 nitrogen and oxygen atoms in total. The second-order valence-corrected chi connectivity index (χ2v) is 11.7. The maximum Gasteiger partial charge on any atom is 0.306 e. The third-order valence-corrected chi connectivity index (χ3v) is 7.53. The minimum Gasteiger partial charge on any atom is -0.481 e. The highest BCUT2D eigenvalue weighted by atomic mass is 16.5. The SMILES string of the molecule is CCCCC/C=C\C/C=C\C/C=C\C/C=C\CCCC(=O)OC(CCC)CCCCCCCCCCCCCC(=O)O. The highest BCUT2D eigenvalue weighted by molar-refractivity contribution is 5.69. The molecule has 0 fully saturated rings. The van der Waals surface area contributed by atoms with E-state index in [4.69, 9.17) is 9.84 Å². The van der Waals surface area contributed by atoms with Gasteiger partial charge in [-0.15, -0.1) is 0 Å². The molecule has 0 aromatic heterocycles. The van der Waals surface area contributed by atoms with Crippen molar-refractivity contribution in [3.8, 4) is 0 Å². The molecule has 0 saturated heterocycles. The van der Waals surface area contributed by atoms with Gasteiger partial charge in [0.2, 0.25) is 0 Å². The Kier molecular flexibility index (Phi) is 31.7. The molecule has 0 spiro atoms. The number of esters is 1. The Morgan fingerprint density at radius 2 is 1.00 bits per heavy atom. The molecule has 0 aliphatic rings. The highest BCUT2D eigenvalue weighted by Crippen LogP contribution is 2.16. The summed E-state index contributed by atoms with van der Waals surface area (Å²) in [4.78, 5) is 22.8. The third-order valence-electron chi connectivity index (χ3n) is 7.53. The number of hydrogen-bond acceptors (Lipinski definition) is 3. The number of rotatable bonds is 31. The fraction of sp³-hybridized carbons (Fsp3) is 0.737. The van der Waals surface area contributed by atoms with Crippen molar-refractivity contribution in [3.05, 3.63) is 48.6 Å². The van der Waals surface area contributed by atoms with Gasteiger partial charge in [-0.05, 0) is 70.6 Å². The molecule has 0 heterocycles. The van der Waals surface area contributed by atoms with Gasteiger partial charge in [0.1, 0.15) is 6.10 Å². The van der Waals surface area contributed by atoms with Gasteiger partial charge in [0.05, 0.1) is 0 Å². The van der Waals surface area contributed by atoms with E-state index in [0.717, 1.165) is 77.0 Å². The lowest BCUT2D eigenvalue weighted by Crippen LogP contribution is -2.18. The summed E-state index contributed by atoms with van der Waals surface area (Å²) < 4.78 is 5.82. The Bertz CT molecular complexity index is 719. The fourth-order valence-electron chi connectivity index (χ4n) is 4.99. The van der Waals surface area contributed by atoms with Crippen LogP contribution in [0.15, 0.2) is 48.6 Å². The van der Waals surface area contributed by atoms with Gasteiger partial charge in [0.25, 0.3) is 0 Å². The molecule has 1 unspecified atom stereocenters. The summed E-state index contributed by atoms with van der Waals surface area (Å²) in [5.41, 5.74) is 0. The van der Waals surface area contributed by atoms with Crippen LogP contribution in [0.3, 0.4) is 0 Å². The Morgan fingerprint density at radius 3 is 1.50 bits per heavy atom. The Labute approximate surface area is 260 Å². The number of aliphatic carboxylic acids is 1. The number of allylic oxidation sites excluding steroid dienone is 8. The van der Waals surface area contributed by atoms with Crippen molar-refractivity contribution in [2.24, 2.45) is 0 Å². The average molecular weight is 587 g/mol. The van der Waals surface area contributed by atoms with Crippen LogP contribution in [-0.2, 0) is 14.3 Å². The molecule has 0 radical (unpaired) electrons. The second kappa shape index (κ2) is 33.4. The Hall–Kier alpha value is -2.10. The first-order valence-corrected chi connectivity index (χ1v) is 17.6. The number of carboxylic acid groups (broad SMARTS) is 1. The second-order valence-electron chi connectivity index (χ2n) is 11.7. The molecule has 0 aromatic carbocycles. The molecule has 0 bridgehead atoms. The van der Waals surface area contributed by atoms with Crippen molar-refractivity contribution >= 4 is 11.9 Å². The molecule has 0 amide bonds. The monoisotopic (exact) mass is 586 g/mol. The summed E-state index contributed by atoms with van der Waals surface area (Å²) in [6.07, 6.45) is 44.7. The topological polar surface area (TPSA) is 63.6 Å². The highest BCUT2D eigenvalue weighted by Gasteiger charge is 2.13. The van der Waals surface area contributed by atoms with Gasteiger partial charge in [0.15, 0.2) is 0 Å². The van der Waals surface area contributed by atoms with Crippen molar-refractivity contribution in [3.63, 3.8) is 0 Å². The van der Waals surface area contributed by atoms with Crippen molar-refractivity contribution < 1.29 is 19.4 Å². The molecule has 1 atom stereocenters. The van der Waals surface area contributed by atoms with Gasteiger partial charge in [-0.3, -0.25) is 9.59 Å². The van der Waals surface area contributed by atoms with Crippen LogP contribution in [0, 0.1) is 0 Å². The van der Waals surface area contributed by atoms with Gasteiger partial charge in [0, 0.05) is 12.8 Å². The largest absolute Gasteiger partial charge is 0.481 e. The average Bonchev–Trinajstić information content (AvgIpc) is 2.97. The molecule has 0 aliphatic heterocycles. The fourth-order valence-corrected chi connectivity index (χ4v) is 4.99. The molecule has 4 heteroatoms. The summed E-state index contributed by atoms with van der Waals surface area (Å²) >= 11 is 0. The first kappa shape index (κ1) is 39.9. The van der Waals surface area contributed by atoms with E-state index in [2.05, 4.69) is 62.5 Å². The first-order chi connectivity index (χ1) is 20.6. The van der Waals surface area contributed by atoms with E-state index in [1.165, 1.54) is 70.6 Å². The van der Waals surface area contributed by atoms with Crippen molar-refractivity contribution in [1.82, 2.24) is 0 Å². The smallest absolute Gasteiger partial charge is 0.306 e. The third kappa shape index (κ3) is 32.4. The van der Waals surface area contributed by atoms with E-state index in [1.807, 2.05) is 0 Å². The van der Waals surface area contributed by atoms with E-state index < -0.39 is 5.97 Å². The molecule has 42 heavy (non-hydrogen) atoms. The van der Waals surface area contributed by atoms with Crippen LogP contribution in [0.1, 0.15) is 174 Å². The zero-order chi connectivity index (χ0) is 30.8. The predicted octanol–water partition coefficient (Wildman–Crippen LogP) is 12.0. The molecular formula is C38H66O4. The van der Waals surface area contributed by atoms with E-state index in [9.17, 15) is 9.59 Å². The number of hydrogen-bond donors (Lipinski definition) is 1. The van der Waals surface area contributed by atoms with Crippen molar-refractivity contribution in [2.45, 2.75) is 180 Å². The van der Waals surface area contributed by atoms with Crippen LogP contribution in [-0.4, -0.2) is 23.1 Å². The maximum atomic E-state index is 12.3. The Balaban J connectivity index is 3.71. The van der Waals surface area contributed by atoms with Crippen molar-refractivity contribution in [2.75, 3.05) is 0 Å². The number of carboxylic acids is 1. The zero-order valence-electron chi connectivity index (χ0n) is 27.5. The minimum atomic E-state index is -0.678. The number of carbonyl (C=O) groups is 2. The maximum absolute atomic E-state index is 12.3. The molecular weight excluding hydrogens is 520 g/mol. The standard InChI is InChI=1S/C38H66O4/c1-3-5-6-7-8-9-10-11-12-13-14-15-19-22-25-28-31-35-38(41)42-36(32-4-2)33-29-26-23-20-17-16-18-21-24-27-30-34-37(39)40/h8-9,11-12,14-15,22,25,36H,3-7,10,13,16-21,23-24,26-35H2,1-2H3,(H,39,40)/b9-8-,12-11-,15-14-,25-22-. The zero-order valence-corrected chi connectivity index (χ0v) is 27.5. The Morgan fingerprint density at radius 1 is 0.524 bits per heavy atom. The summed E-state index contributed by atoms with van der Waals surface area (Å²) in [6.45, 7) is 4.41. The van der Waals surface area contributed by atoms with Crippen LogP contribution in [0.4, 0.5) is 0 Å². The van der Waals surface area contributed by atoms with E-state index >= 15 is 0 Å². The van der Waals surface area contributed by atoms with Crippen LogP contribution < -0.4 is 0 Å². The number of carbonyl (C=O) groups excluding carboxylic acids is 1. The first-order valence-electron chi connectivity index (χ1n) is 17.6. The molecule has 0 aliphatic carbocycles. The van der Waals surface area contributed by atoms with E-state index in [0.29, 0.717) is 12.8 Å². The van der Waals surface area contributed by atoms with Gasteiger partial charge in [-0.25, -0.2) is 0 Å². The lowest BCUT2D eigenvalue weighted by molar-refractivity contribution is -0.150. The van der Waals surface area contributed by atoms with E-state index in [-0.39, 0.29) is 12.1 Å².